The summed E-state index contributed by atoms with van der Waals surface area (Å²) >= 11 is 1.33. The molecule has 0 saturated heterocycles. The highest BCUT2D eigenvalue weighted by Crippen LogP contribution is 2.12. The first-order chi connectivity index (χ1) is 7.00. The number of aryl methyl sites for hydroxylation is 1. The van der Waals surface area contributed by atoms with Gasteiger partial charge in [0.2, 0.25) is 0 Å². The van der Waals surface area contributed by atoms with E-state index in [0.717, 1.165) is 5.69 Å². The van der Waals surface area contributed by atoms with Crippen LogP contribution in [0.3, 0.4) is 0 Å². The Hall–Kier alpha value is -0.940. The molecule has 1 aromatic heterocycles. The van der Waals surface area contributed by atoms with Gasteiger partial charge in [-0.3, -0.25) is 4.79 Å². The monoisotopic (exact) mass is 228 g/mol. The minimum atomic E-state index is -0.400. The van der Waals surface area contributed by atoms with Crippen LogP contribution in [0.2, 0.25) is 0 Å². The molecule has 0 spiro atoms. The standard InChI is InChI=1S/C10H16N2O2S/c1-6(4-7(2)13)12-10(14)9-8(3)11-5-15-9/h5-7,13H,4H2,1-3H3,(H,12,14). The molecule has 1 heterocycles. The molecule has 1 amide bonds. The number of amides is 1. The Morgan fingerprint density at radius 1 is 1.67 bits per heavy atom. The molecule has 1 aromatic rings. The molecule has 0 aliphatic heterocycles. The van der Waals surface area contributed by atoms with Gasteiger partial charge in [0.15, 0.2) is 0 Å². The number of carbonyl (C=O) groups is 1. The van der Waals surface area contributed by atoms with Crippen molar-refractivity contribution in [3.05, 3.63) is 16.1 Å². The van der Waals surface area contributed by atoms with Gasteiger partial charge in [0.05, 0.1) is 17.3 Å². The van der Waals surface area contributed by atoms with Crippen molar-refractivity contribution in [3.63, 3.8) is 0 Å². The van der Waals surface area contributed by atoms with Crippen molar-refractivity contribution in [3.8, 4) is 0 Å². The summed E-state index contributed by atoms with van der Waals surface area (Å²) in [6, 6.07) is -0.0287. The normalized spacial score (nSPS) is 14.7. The van der Waals surface area contributed by atoms with Crippen LogP contribution in [0.25, 0.3) is 0 Å². The van der Waals surface area contributed by atoms with E-state index in [1.165, 1.54) is 11.3 Å². The summed E-state index contributed by atoms with van der Waals surface area (Å²) in [6.07, 6.45) is 0.159. The number of aromatic nitrogens is 1. The molecule has 84 valence electrons. The highest BCUT2D eigenvalue weighted by Gasteiger charge is 2.14. The highest BCUT2D eigenvalue weighted by atomic mass is 32.1. The SMILES string of the molecule is Cc1ncsc1C(=O)NC(C)CC(C)O. The van der Waals surface area contributed by atoms with Crippen LogP contribution in [0, 0.1) is 6.92 Å². The van der Waals surface area contributed by atoms with E-state index in [-0.39, 0.29) is 11.9 Å². The molecule has 2 unspecified atom stereocenters. The fraction of sp³-hybridized carbons (Fsp3) is 0.600. The van der Waals surface area contributed by atoms with Crippen LogP contribution in [0.4, 0.5) is 0 Å². The number of hydrogen-bond acceptors (Lipinski definition) is 4. The second-order valence-corrected chi connectivity index (χ2v) is 4.58. The molecule has 0 bridgehead atoms. The molecule has 4 nitrogen and oxygen atoms in total. The molecule has 0 fully saturated rings. The predicted octanol–water partition coefficient (Wildman–Crippen LogP) is 1.34. The first kappa shape index (κ1) is 12.1. The van der Waals surface area contributed by atoms with Crippen LogP contribution in [0.5, 0.6) is 0 Å². The first-order valence-electron chi connectivity index (χ1n) is 4.89. The first-order valence-corrected chi connectivity index (χ1v) is 5.77. The molecule has 5 heteroatoms. The van der Waals surface area contributed by atoms with Gasteiger partial charge in [-0.2, -0.15) is 0 Å². The van der Waals surface area contributed by atoms with Crippen molar-refractivity contribution in [2.75, 3.05) is 0 Å². The van der Waals surface area contributed by atoms with Crippen molar-refractivity contribution in [1.82, 2.24) is 10.3 Å². The molecule has 0 aromatic carbocycles. The zero-order chi connectivity index (χ0) is 11.4. The van der Waals surface area contributed by atoms with E-state index in [0.29, 0.717) is 11.3 Å². The fourth-order valence-corrected chi connectivity index (χ4v) is 2.09. The number of nitrogens with zero attached hydrogens (tertiary/aromatic N) is 1. The number of thiazole rings is 1. The van der Waals surface area contributed by atoms with E-state index >= 15 is 0 Å². The number of aliphatic hydroxyl groups is 1. The molecule has 15 heavy (non-hydrogen) atoms. The van der Waals surface area contributed by atoms with Gasteiger partial charge in [0, 0.05) is 6.04 Å². The third-order valence-electron chi connectivity index (χ3n) is 2.02. The zero-order valence-electron chi connectivity index (χ0n) is 9.15. The summed E-state index contributed by atoms with van der Waals surface area (Å²) in [5.74, 6) is -0.108. The topological polar surface area (TPSA) is 62.2 Å². The largest absolute Gasteiger partial charge is 0.393 e. The Bertz CT molecular complexity index is 336. The average Bonchev–Trinajstić information content (AvgIpc) is 2.49. The Morgan fingerprint density at radius 2 is 2.33 bits per heavy atom. The summed E-state index contributed by atoms with van der Waals surface area (Å²) in [4.78, 5) is 16.4. The molecule has 0 radical (unpaired) electrons. The smallest absolute Gasteiger partial charge is 0.263 e. The van der Waals surface area contributed by atoms with Gasteiger partial charge in [-0.05, 0) is 27.2 Å². The van der Waals surface area contributed by atoms with E-state index < -0.39 is 6.10 Å². The molecule has 1 rings (SSSR count). The zero-order valence-corrected chi connectivity index (χ0v) is 9.97. The van der Waals surface area contributed by atoms with E-state index in [4.69, 9.17) is 5.11 Å². The van der Waals surface area contributed by atoms with E-state index in [2.05, 4.69) is 10.3 Å². The number of aliphatic hydroxyl groups excluding tert-OH is 1. The van der Waals surface area contributed by atoms with Crippen LogP contribution < -0.4 is 5.32 Å². The lowest BCUT2D eigenvalue weighted by molar-refractivity contribution is 0.0926. The Labute approximate surface area is 93.4 Å². The summed E-state index contributed by atoms with van der Waals surface area (Å²) in [5, 5.41) is 12.0. The van der Waals surface area contributed by atoms with Crippen LogP contribution >= 0.6 is 11.3 Å². The lowest BCUT2D eigenvalue weighted by Crippen LogP contribution is -2.34. The lowest BCUT2D eigenvalue weighted by Gasteiger charge is -2.14. The molecule has 0 aliphatic rings. The van der Waals surface area contributed by atoms with Gasteiger partial charge in [-0.15, -0.1) is 11.3 Å². The van der Waals surface area contributed by atoms with Crippen molar-refractivity contribution in [2.24, 2.45) is 0 Å². The number of carbonyl (C=O) groups excluding carboxylic acids is 1. The van der Waals surface area contributed by atoms with Gasteiger partial charge in [-0.1, -0.05) is 0 Å². The Kier molecular flexibility index (Phi) is 4.23. The molecule has 0 aliphatic carbocycles. The van der Waals surface area contributed by atoms with Crippen LogP contribution in [-0.4, -0.2) is 28.1 Å². The predicted molar refractivity (Wildman–Crippen MR) is 60.1 cm³/mol. The third-order valence-corrected chi connectivity index (χ3v) is 2.95. The van der Waals surface area contributed by atoms with Crippen LogP contribution in [0.15, 0.2) is 5.51 Å². The minimum absolute atomic E-state index is 0.0287. The van der Waals surface area contributed by atoms with Gasteiger partial charge in [0.25, 0.3) is 5.91 Å². The third kappa shape index (κ3) is 3.60. The number of hydrogen-bond donors (Lipinski definition) is 2. The second-order valence-electron chi connectivity index (χ2n) is 3.73. The Balaban J connectivity index is 2.53. The van der Waals surface area contributed by atoms with Crippen LogP contribution in [0.1, 0.15) is 35.6 Å². The van der Waals surface area contributed by atoms with Crippen LogP contribution in [-0.2, 0) is 0 Å². The van der Waals surface area contributed by atoms with E-state index in [1.807, 2.05) is 13.8 Å². The maximum Gasteiger partial charge on any atom is 0.263 e. The van der Waals surface area contributed by atoms with E-state index in [9.17, 15) is 4.79 Å². The van der Waals surface area contributed by atoms with Gasteiger partial charge in [-0.25, -0.2) is 4.98 Å². The molecular formula is C10H16N2O2S. The van der Waals surface area contributed by atoms with Crippen molar-refractivity contribution >= 4 is 17.2 Å². The maximum absolute atomic E-state index is 11.7. The summed E-state index contributed by atoms with van der Waals surface area (Å²) < 4.78 is 0. The summed E-state index contributed by atoms with van der Waals surface area (Å²) in [7, 11) is 0. The molecule has 2 N–H and O–H groups in total. The minimum Gasteiger partial charge on any atom is -0.393 e. The summed E-state index contributed by atoms with van der Waals surface area (Å²) in [5.41, 5.74) is 2.41. The summed E-state index contributed by atoms with van der Waals surface area (Å²) in [6.45, 7) is 5.40. The van der Waals surface area contributed by atoms with Gasteiger partial charge < -0.3 is 10.4 Å². The number of rotatable bonds is 4. The molecular weight excluding hydrogens is 212 g/mol. The van der Waals surface area contributed by atoms with Gasteiger partial charge in [0.1, 0.15) is 4.88 Å². The maximum atomic E-state index is 11.7. The van der Waals surface area contributed by atoms with Crippen molar-refractivity contribution in [2.45, 2.75) is 39.3 Å². The molecule has 2 atom stereocenters. The molecule has 0 saturated carbocycles. The Morgan fingerprint density at radius 3 is 2.80 bits per heavy atom. The second kappa shape index (κ2) is 5.23. The lowest BCUT2D eigenvalue weighted by atomic mass is 10.1. The quantitative estimate of drug-likeness (QED) is 0.817. The van der Waals surface area contributed by atoms with Crippen molar-refractivity contribution in [1.29, 1.82) is 0 Å². The fourth-order valence-electron chi connectivity index (χ4n) is 1.38. The van der Waals surface area contributed by atoms with Crippen molar-refractivity contribution < 1.29 is 9.90 Å². The average molecular weight is 228 g/mol. The van der Waals surface area contributed by atoms with Gasteiger partial charge >= 0.3 is 0 Å². The van der Waals surface area contributed by atoms with E-state index in [1.54, 1.807) is 12.4 Å². The number of nitrogens with one attached hydrogen (secondary N) is 1. The highest BCUT2D eigenvalue weighted by molar-refractivity contribution is 7.11.